The van der Waals surface area contributed by atoms with Crippen molar-refractivity contribution in [2.75, 3.05) is 33.3 Å². The van der Waals surface area contributed by atoms with Gasteiger partial charge in [0.05, 0.1) is 7.11 Å². The third-order valence-corrected chi connectivity index (χ3v) is 8.19. The highest BCUT2D eigenvalue weighted by molar-refractivity contribution is 7.89. The number of piperidine rings is 1. The van der Waals surface area contributed by atoms with E-state index in [1.165, 1.54) is 7.11 Å². The van der Waals surface area contributed by atoms with E-state index in [1.807, 2.05) is 0 Å². The maximum Gasteiger partial charge on any atom is 0.349 e. The zero-order valence-electron chi connectivity index (χ0n) is 13.8. The molecule has 3 rings (SSSR count). The molecule has 0 saturated carbocycles. The number of carbonyl (C=O) groups is 1. The van der Waals surface area contributed by atoms with Crippen LogP contribution in [0.2, 0.25) is 0 Å². The number of hydrogen-bond donors (Lipinski definition) is 1. The number of thiophene rings is 1. The van der Waals surface area contributed by atoms with Crippen molar-refractivity contribution in [2.45, 2.75) is 31.1 Å². The van der Waals surface area contributed by atoms with E-state index in [9.17, 15) is 13.2 Å². The molecule has 1 spiro atoms. The first kappa shape index (κ1) is 19.7. The zero-order valence-corrected chi connectivity index (χ0v) is 16.3. The smallest absolute Gasteiger partial charge is 0.349 e. The highest BCUT2D eigenvalue weighted by Crippen LogP contribution is 2.42. The van der Waals surface area contributed by atoms with Gasteiger partial charge in [-0.25, -0.2) is 13.2 Å². The van der Waals surface area contributed by atoms with E-state index in [0.717, 1.165) is 43.7 Å². The van der Waals surface area contributed by atoms with Gasteiger partial charge in [0.1, 0.15) is 9.77 Å². The van der Waals surface area contributed by atoms with Crippen LogP contribution in [0.5, 0.6) is 0 Å². The Morgan fingerprint density at radius 2 is 2.00 bits per heavy atom. The summed E-state index contributed by atoms with van der Waals surface area (Å²) < 4.78 is 32.5. The fourth-order valence-corrected chi connectivity index (χ4v) is 6.79. The first-order valence-corrected chi connectivity index (χ1v) is 10.1. The third kappa shape index (κ3) is 3.35. The number of sulfonamides is 1. The number of nitrogens with one attached hydrogen (secondary N) is 1. The summed E-state index contributed by atoms with van der Waals surface area (Å²) in [4.78, 5) is 12.2. The Labute approximate surface area is 153 Å². The molecule has 0 bridgehead atoms. The molecule has 136 valence electrons. The molecule has 0 aromatic carbocycles. The lowest BCUT2D eigenvalue weighted by molar-refractivity contribution is 0.0602. The van der Waals surface area contributed by atoms with Crippen molar-refractivity contribution in [3.63, 3.8) is 0 Å². The molecule has 1 aromatic rings. The normalized spacial score (nSPS) is 20.8. The van der Waals surface area contributed by atoms with E-state index < -0.39 is 16.0 Å². The van der Waals surface area contributed by atoms with Crippen LogP contribution in [0.15, 0.2) is 10.3 Å². The van der Waals surface area contributed by atoms with E-state index in [2.05, 4.69) is 5.32 Å². The van der Waals surface area contributed by atoms with E-state index in [1.54, 1.807) is 16.6 Å². The Morgan fingerprint density at radius 1 is 1.33 bits per heavy atom. The first-order chi connectivity index (χ1) is 10.9. The van der Waals surface area contributed by atoms with Gasteiger partial charge in [0.25, 0.3) is 0 Å². The average Bonchev–Trinajstić information content (AvgIpc) is 3.12. The van der Waals surface area contributed by atoms with Gasteiger partial charge in [-0.1, -0.05) is 0 Å². The van der Waals surface area contributed by atoms with Crippen molar-refractivity contribution in [3.8, 4) is 0 Å². The van der Waals surface area contributed by atoms with Crippen LogP contribution in [0.1, 0.15) is 34.5 Å². The Morgan fingerprint density at radius 3 is 2.62 bits per heavy atom. The highest BCUT2D eigenvalue weighted by atomic mass is 35.5. The van der Waals surface area contributed by atoms with Gasteiger partial charge in [-0.3, -0.25) is 0 Å². The van der Waals surface area contributed by atoms with E-state index >= 15 is 0 Å². The molecule has 9 heteroatoms. The molecular formula is C15H23ClN2O4S2. The van der Waals surface area contributed by atoms with Crippen LogP contribution in [0.3, 0.4) is 0 Å². The van der Waals surface area contributed by atoms with Crippen LogP contribution in [-0.2, 0) is 14.8 Å². The fraction of sp³-hybridized carbons (Fsp3) is 0.667. The summed E-state index contributed by atoms with van der Waals surface area (Å²) in [6.07, 6.45) is 2.90. The summed E-state index contributed by atoms with van der Waals surface area (Å²) >= 11 is 1.13. The summed E-state index contributed by atoms with van der Waals surface area (Å²) in [5, 5.41) is 5.03. The summed E-state index contributed by atoms with van der Waals surface area (Å²) in [5.41, 5.74) is 0.704. The molecule has 2 aliphatic rings. The average molecular weight is 395 g/mol. The first-order valence-electron chi connectivity index (χ1n) is 7.77. The number of halogens is 1. The van der Waals surface area contributed by atoms with E-state index in [0.29, 0.717) is 18.7 Å². The fourth-order valence-electron chi connectivity index (χ4n) is 3.58. The molecule has 1 aromatic heterocycles. The van der Waals surface area contributed by atoms with Crippen LogP contribution in [0.25, 0.3) is 0 Å². The lowest BCUT2D eigenvalue weighted by Gasteiger charge is -2.33. The molecule has 0 aliphatic carbocycles. The minimum Gasteiger partial charge on any atom is -0.465 e. The number of hydrogen-bond acceptors (Lipinski definition) is 6. The molecule has 1 N–H and O–H groups in total. The van der Waals surface area contributed by atoms with Crippen molar-refractivity contribution in [3.05, 3.63) is 15.8 Å². The molecule has 2 aliphatic heterocycles. The Balaban J connectivity index is 0.00000208. The predicted molar refractivity (Wildman–Crippen MR) is 95.6 cm³/mol. The maximum atomic E-state index is 13.1. The summed E-state index contributed by atoms with van der Waals surface area (Å²) in [5.74, 6) is -0.586. The molecule has 3 heterocycles. The van der Waals surface area contributed by atoms with Gasteiger partial charge in [0.15, 0.2) is 0 Å². The Bertz CT molecular complexity index is 711. The van der Waals surface area contributed by atoms with Gasteiger partial charge >= 0.3 is 5.97 Å². The number of esters is 1. The van der Waals surface area contributed by atoms with Crippen molar-refractivity contribution >= 4 is 39.7 Å². The second kappa shape index (κ2) is 7.29. The number of aryl methyl sites for hydroxylation is 1. The lowest BCUT2D eigenvalue weighted by Crippen LogP contribution is -2.40. The van der Waals surface area contributed by atoms with Gasteiger partial charge in [-0.15, -0.1) is 23.7 Å². The number of rotatable bonds is 3. The molecule has 6 nitrogen and oxygen atoms in total. The van der Waals surface area contributed by atoms with Gasteiger partial charge in [-0.05, 0) is 55.6 Å². The predicted octanol–water partition coefficient (Wildman–Crippen LogP) is 2.03. The number of carbonyl (C=O) groups excluding carboxylic acids is 1. The molecule has 0 amide bonds. The van der Waals surface area contributed by atoms with Crippen LogP contribution in [0.4, 0.5) is 0 Å². The Hall–Kier alpha value is -0.670. The molecule has 0 radical (unpaired) electrons. The zero-order chi connectivity index (χ0) is 16.7. The number of ether oxygens (including phenoxy) is 1. The number of nitrogens with zero attached hydrogens (tertiary/aromatic N) is 1. The summed E-state index contributed by atoms with van der Waals surface area (Å²) in [6, 6.07) is 0. The largest absolute Gasteiger partial charge is 0.465 e. The van der Waals surface area contributed by atoms with Crippen LogP contribution < -0.4 is 5.32 Å². The van der Waals surface area contributed by atoms with Crippen molar-refractivity contribution in [1.82, 2.24) is 9.62 Å². The van der Waals surface area contributed by atoms with Gasteiger partial charge in [0.2, 0.25) is 10.0 Å². The molecule has 24 heavy (non-hydrogen) atoms. The number of methoxy groups -OCH3 is 1. The molecule has 2 saturated heterocycles. The molecule has 0 atom stereocenters. The highest BCUT2D eigenvalue weighted by Gasteiger charge is 2.44. The monoisotopic (exact) mass is 394 g/mol. The van der Waals surface area contributed by atoms with Gasteiger partial charge in [-0.2, -0.15) is 4.31 Å². The summed E-state index contributed by atoms with van der Waals surface area (Å²) in [7, 11) is -2.39. The topological polar surface area (TPSA) is 75.7 Å². The minimum atomic E-state index is -3.66. The van der Waals surface area contributed by atoms with Crippen molar-refractivity contribution in [2.24, 2.45) is 5.41 Å². The Kier molecular flexibility index (Phi) is 5.97. The van der Waals surface area contributed by atoms with Crippen molar-refractivity contribution < 1.29 is 17.9 Å². The second-order valence-electron chi connectivity index (χ2n) is 6.41. The minimum absolute atomic E-state index is 0. The second-order valence-corrected chi connectivity index (χ2v) is 9.16. The summed E-state index contributed by atoms with van der Waals surface area (Å²) in [6.45, 7) is 4.69. The standard InChI is InChI=1S/C15H22N2O4S2.ClH/c1-11-9-22-12(14(18)21-2)13(11)23(19,20)17-8-5-15(10-17)3-6-16-7-4-15;/h9,16H,3-8,10H2,1-2H3;1H. The molecule has 0 unspecified atom stereocenters. The van der Waals surface area contributed by atoms with Crippen molar-refractivity contribution in [1.29, 1.82) is 0 Å². The van der Waals surface area contributed by atoms with E-state index in [-0.39, 0.29) is 27.6 Å². The molecular weight excluding hydrogens is 372 g/mol. The SMILES string of the molecule is COC(=O)c1scc(C)c1S(=O)(=O)N1CCC2(CCNCC2)C1.Cl. The van der Waals surface area contributed by atoms with Gasteiger partial charge < -0.3 is 10.1 Å². The van der Waals surface area contributed by atoms with Crippen LogP contribution in [0, 0.1) is 12.3 Å². The maximum absolute atomic E-state index is 13.1. The third-order valence-electron chi connectivity index (χ3n) is 4.95. The quantitative estimate of drug-likeness (QED) is 0.794. The molecule has 2 fully saturated rings. The lowest BCUT2D eigenvalue weighted by atomic mass is 9.78. The van der Waals surface area contributed by atoms with E-state index in [4.69, 9.17) is 4.74 Å². The van der Waals surface area contributed by atoms with Crippen LogP contribution in [-0.4, -0.2) is 52.0 Å². The van der Waals surface area contributed by atoms with Gasteiger partial charge in [0, 0.05) is 13.1 Å². The van der Waals surface area contributed by atoms with Crippen LogP contribution >= 0.6 is 23.7 Å².